The molecule has 1 aromatic carbocycles. The first-order valence-electron chi connectivity index (χ1n) is 10.3. The van der Waals surface area contributed by atoms with Gasteiger partial charge in [0.2, 0.25) is 0 Å². The van der Waals surface area contributed by atoms with E-state index in [1.165, 1.54) is 12.0 Å². The van der Waals surface area contributed by atoms with E-state index in [-0.39, 0.29) is 6.29 Å². The number of methoxy groups -OCH3 is 1. The van der Waals surface area contributed by atoms with E-state index < -0.39 is 0 Å². The molecule has 2 aromatic rings. The first-order valence-corrected chi connectivity index (χ1v) is 10.3. The molecule has 0 spiro atoms. The minimum Gasteiger partial charge on any atom is -0.491 e. The van der Waals surface area contributed by atoms with Crippen molar-refractivity contribution in [2.45, 2.75) is 52.4 Å². The molecular formula is C23H32N2O3. The van der Waals surface area contributed by atoms with E-state index in [1.54, 1.807) is 7.11 Å². The third-order valence-corrected chi connectivity index (χ3v) is 5.01. The molecule has 1 aromatic heterocycles. The highest BCUT2D eigenvalue weighted by Crippen LogP contribution is 2.41. The SMILES string of the molecule is CCCNCCCCOc1c(C)nc(Cc2ccccc2)c2c1C(OC)OC2. The van der Waals surface area contributed by atoms with Crippen molar-refractivity contribution in [3.05, 3.63) is 58.4 Å². The second-order valence-corrected chi connectivity index (χ2v) is 7.21. The van der Waals surface area contributed by atoms with Crippen LogP contribution in [-0.2, 0) is 22.5 Å². The van der Waals surface area contributed by atoms with E-state index in [0.717, 1.165) is 60.6 Å². The molecule has 0 aliphatic carbocycles. The number of fused-ring (bicyclic) bond motifs is 1. The van der Waals surface area contributed by atoms with E-state index in [0.29, 0.717) is 13.2 Å². The zero-order valence-electron chi connectivity index (χ0n) is 17.3. The quantitative estimate of drug-likeness (QED) is 0.585. The summed E-state index contributed by atoms with van der Waals surface area (Å²) in [6, 6.07) is 10.4. The fraction of sp³-hybridized carbons (Fsp3) is 0.522. The number of nitrogens with one attached hydrogen (secondary N) is 1. The molecule has 1 atom stereocenters. The van der Waals surface area contributed by atoms with Crippen molar-refractivity contribution < 1.29 is 14.2 Å². The van der Waals surface area contributed by atoms with Gasteiger partial charge in [0.05, 0.1) is 30.2 Å². The van der Waals surface area contributed by atoms with Gasteiger partial charge in [-0.2, -0.15) is 0 Å². The van der Waals surface area contributed by atoms with Crippen LogP contribution in [0.4, 0.5) is 0 Å². The first kappa shape index (κ1) is 20.8. The molecule has 0 amide bonds. The standard InChI is InChI=1S/C23H32N2O3/c1-4-12-24-13-8-9-14-27-22-17(2)25-20(15-18-10-6-5-7-11-18)19-16-28-23(26-3)21(19)22/h5-7,10-11,23-24H,4,8-9,12-16H2,1-3H3. The number of pyridine rings is 1. The Morgan fingerprint density at radius 2 is 2.00 bits per heavy atom. The molecule has 1 unspecified atom stereocenters. The zero-order valence-corrected chi connectivity index (χ0v) is 17.3. The number of aryl methyl sites for hydroxylation is 1. The maximum Gasteiger partial charge on any atom is 0.187 e. The fourth-order valence-corrected chi connectivity index (χ4v) is 3.59. The summed E-state index contributed by atoms with van der Waals surface area (Å²) in [5.74, 6) is 0.831. The predicted molar refractivity (Wildman–Crippen MR) is 111 cm³/mol. The first-order chi connectivity index (χ1) is 13.7. The normalized spacial score (nSPS) is 15.6. The lowest BCUT2D eigenvalue weighted by atomic mass is 10.0. The van der Waals surface area contributed by atoms with Gasteiger partial charge in [0.25, 0.3) is 0 Å². The van der Waals surface area contributed by atoms with Crippen molar-refractivity contribution in [3.8, 4) is 5.75 Å². The number of hydrogen-bond acceptors (Lipinski definition) is 5. The number of benzene rings is 1. The Kier molecular flexibility index (Phi) is 7.83. The smallest absolute Gasteiger partial charge is 0.187 e. The summed E-state index contributed by atoms with van der Waals surface area (Å²) in [6.45, 7) is 7.50. The van der Waals surface area contributed by atoms with Crippen molar-refractivity contribution in [2.24, 2.45) is 0 Å². The molecule has 1 aliphatic rings. The average Bonchev–Trinajstić information content (AvgIpc) is 3.14. The van der Waals surface area contributed by atoms with Gasteiger partial charge in [-0.15, -0.1) is 0 Å². The Hall–Kier alpha value is -1.95. The number of ether oxygens (including phenoxy) is 3. The lowest BCUT2D eigenvalue weighted by Gasteiger charge is -2.18. The fourth-order valence-electron chi connectivity index (χ4n) is 3.59. The second-order valence-electron chi connectivity index (χ2n) is 7.21. The summed E-state index contributed by atoms with van der Waals surface area (Å²) in [7, 11) is 1.68. The Morgan fingerprint density at radius 3 is 2.75 bits per heavy atom. The summed E-state index contributed by atoms with van der Waals surface area (Å²) < 4.78 is 17.6. The molecule has 5 nitrogen and oxygen atoms in total. The van der Waals surface area contributed by atoms with E-state index in [1.807, 2.05) is 13.0 Å². The molecular weight excluding hydrogens is 352 g/mol. The van der Waals surface area contributed by atoms with Gasteiger partial charge in [-0.3, -0.25) is 4.98 Å². The van der Waals surface area contributed by atoms with Gasteiger partial charge in [0.1, 0.15) is 5.75 Å². The Bertz CT molecular complexity index is 749. The summed E-state index contributed by atoms with van der Waals surface area (Å²) in [5, 5.41) is 3.43. The monoisotopic (exact) mass is 384 g/mol. The van der Waals surface area contributed by atoms with Crippen molar-refractivity contribution in [2.75, 3.05) is 26.8 Å². The summed E-state index contributed by atoms with van der Waals surface area (Å²) >= 11 is 0. The number of rotatable bonds is 11. The Morgan fingerprint density at radius 1 is 1.18 bits per heavy atom. The molecule has 28 heavy (non-hydrogen) atoms. The minimum absolute atomic E-state index is 0.382. The molecule has 0 fully saturated rings. The molecule has 2 heterocycles. The topological polar surface area (TPSA) is 52.6 Å². The van der Waals surface area contributed by atoms with Gasteiger partial charge in [-0.05, 0) is 44.8 Å². The van der Waals surface area contributed by atoms with E-state index in [9.17, 15) is 0 Å². The van der Waals surface area contributed by atoms with E-state index >= 15 is 0 Å². The molecule has 5 heteroatoms. The molecule has 3 rings (SSSR count). The van der Waals surface area contributed by atoms with Gasteiger partial charge >= 0.3 is 0 Å². The average molecular weight is 385 g/mol. The molecule has 152 valence electrons. The summed E-state index contributed by atoms with van der Waals surface area (Å²) in [5.41, 5.74) is 5.33. The van der Waals surface area contributed by atoms with E-state index in [2.05, 4.69) is 36.5 Å². The van der Waals surface area contributed by atoms with E-state index in [4.69, 9.17) is 19.2 Å². The van der Waals surface area contributed by atoms with Crippen LogP contribution in [0, 0.1) is 6.92 Å². The van der Waals surface area contributed by atoms with Crippen LogP contribution in [0.25, 0.3) is 0 Å². The number of hydrogen-bond donors (Lipinski definition) is 1. The summed E-state index contributed by atoms with van der Waals surface area (Å²) in [6.07, 6.45) is 3.68. The number of nitrogens with zero attached hydrogens (tertiary/aromatic N) is 1. The van der Waals surface area contributed by atoms with Crippen molar-refractivity contribution in [3.63, 3.8) is 0 Å². The molecule has 0 saturated carbocycles. The van der Waals surface area contributed by atoms with Crippen molar-refractivity contribution >= 4 is 0 Å². The maximum atomic E-state index is 6.17. The van der Waals surface area contributed by atoms with Gasteiger partial charge in [0.15, 0.2) is 6.29 Å². The predicted octanol–water partition coefficient (Wildman–Crippen LogP) is 4.31. The number of unbranched alkanes of at least 4 members (excludes halogenated alkanes) is 1. The highest BCUT2D eigenvalue weighted by atomic mass is 16.7. The van der Waals surface area contributed by atoms with Crippen LogP contribution in [0.1, 0.15) is 60.6 Å². The van der Waals surface area contributed by atoms with Crippen LogP contribution in [-0.4, -0.2) is 31.8 Å². The lowest BCUT2D eigenvalue weighted by molar-refractivity contribution is -0.119. The molecule has 1 aliphatic heterocycles. The van der Waals surface area contributed by atoms with Gasteiger partial charge in [-0.1, -0.05) is 37.3 Å². The van der Waals surface area contributed by atoms with Crippen LogP contribution in [0.15, 0.2) is 30.3 Å². The minimum atomic E-state index is -0.382. The van der Waals surface area contributed by atoms with Crippen LogP contribution < -0.4 is 10.1 Å². The Labute approximate surface area is 168 Å². The molecule has 0 bridgehead atoms. The van der Waals surface area contributed by atoms with Crippen LogP contribution >= 0.6 is 0 Å². The Balaban J connectivity index is 1.73. The number of aromatic nitrogens is 1. The molecule has 0 radical (unpaired) electrons. The van der Waals surface area contributed by atoms with Gasteiger partial charge in [-0.25, -0.2) is 0 Å². The lowest BCUT2D eigenvalue weighted by Crippen LogP contribution is -2.16. The van der Waals surface area contributed by atoms with Crippen LogP contribution in [0.3, 0.4) is 0 Å². The third kappa shape index (κ3) is 5.10. The second kappa shape index (κ2) is 10.6. The van der Waals surface area contributed by atoms with Crippen LogP contribution in [0.2, 0.25) is 0 Å². The third-order valence-electron chi connectivity index (χ3n) is 5.01. The zero-order chi connectivity index (χ0) is 19.8. The van der Waals surface area contributed by atoms with Crippen LogP contribution in [0.5, 0.6) is 5.75 Å². The van der Waals surface area contributed by atoms with Crippen molar-refractivity contribution in [1.82, 2.24) is 10.3 Å². The summed E-state index contributed by atoms with van der Waals surface area (Å²) in [4.78, 5) is 4.88. The van der Waals surface area contributed by atoms with Gasteiger partial charge < -0.3 is 19.5 Å². The molecule has 0 saturated heterocycles. The highest BCUT2D eigenvalue weighted by molar-refractivity contribution is 5.48. The maximum absolute atomic E-state index is 6.17. The van der Waals surface area contributed by atoms with Gasteiger partial charge in [0, 0.05) is 19.1 Å². The largest absolute Gasteiger partial charge is 0.491 e. The molecule has 1 N–H and O–H groups in total. The van der Waals surface area contributed by atoms with Crippen molar-refractivity contribution in [1.29, 1.82) is 0 Å². The highest BCUT2D eigenvalue weighted by Gasteiger charge is 2.32.